The minimum Gasteiger partial charge on any atom is -0.481 e. The molecule has 0 unspecified atom stereocenters. The summed E-state index contributed by atoms with van der Waals surface area (Å²) in [6.07, 6.45) is 1.96. The molecular formula is C16H15NO5. The van der Waals surface area contributed by atoms with Gasteiger partial charge in [-0.25, -0.2) is 0 Å². The lowest BCUT2D eigenvalue weighted by Crippen LogP contribution is -2.10. The maximum atomic E-state index is 12.0. The normalized spacial score (nSPS) is 19.7. The van der Waals surface area contributed by atoms with E-state index in [0.29, 0.717) is 23.4 Å². The van der Waals surface area contributed by atoms with Gasteiger partial charge in [0.2, 0.25) is 0 Å². The number of hydrogen-bond acceptors (Lipinski definition) is 4. The summed E-state index contributed by atoms with van der Waals surface area (Å²) in [6.45, 7) is -0.256. The van der Waals surface area contributed by atoms with E-state index in [1.807, 2.05) is 12.1 Å². The molecule has 1 aromatic carbocycles. The summed E-state index contributed by atoms with van der Waals surface area (Å²) in [6, 6.07) is 8.63. The Bertz CT molecular complexity index is 704. The van der Waals surface area contributed by atoms with Crippen molar-refractivity contribution in [1.29, 1.82) is 0 Å². The summed E-state index contributed by atoms with van der Waals surface area (Å²) in [5, 5.41) is 20.5. The number of aliphatic hydroxyl groups excluding tert-OH is 1. The molecule has 6 nitrogen and oxygen atoms in total. The smallest absolute Gasteiger partial charge is 0.307 e. The van der Waals surface area contributed by atoms with Crippen molar-refractivity contribution in [3.63, 3.8) is 0 Å². The summed E-state index contributed by atoms with van der Waals surface area (Å²) in [4.78, 5) is 22.8. The number of carbonyl (C=O) groups excluding carboxylic acids is 1. The second-order valence-corrected chi connectivity index (χ2v) is 5.32. The molecule has 1 saturated carbocycles. The van der Waals surface area contributed by atoms with Crippen LogP contribution < -0.4 is 5.32 Å². The van der Waals surface area contributed by atoms with Crippen molar-refractivity contribution in [2.45, 2.75) is 18.9 Å². The van der Waals surface area contributed by atoms with Crippen LogP contribution in [0.1, 0.15) is 34.0 Å². The second kappa shape index (κ2) is 5.65. The zero-order valence-corrected chi connectivity index (χ0v) is 11.7. The minimum absolute atomic E-state index is 0.0724. The average Bonchev–Trinajstić information content (AvgIpc) is 3.17. The first-order valence-electron chi connectivity index (χ1n) is 6.91. The van der Waals surface area contributed by atoms with Crippen LogP contribution in [-0.2, 0) is 11.4 Å². The van der Waals surface area contributed by atoms with E-state index in [1.165, 1.54) is 12.3 Å². The molecule has 0 aliphatic heterocycles. The Balaban J connectivity index is 1.64. The van der Waals surface area contributed by atoms with Crippen LogP contribution in [0.5, 0.6) is 0 Å². The van der Waals surface area contributed by atoms with Gasteiger partial charge in [-0.05, 0) is 36.1 Å². The number of carboxylic acids is 1. The number of benzene rings is 1. The van der Waals surface area contributed by atoms with Gasteiger partial charge in [0, 0.05) is 5.69 Å². The molecule has 0 saturated heterocycles. The number of rotatable bonds is 5. The number of aliphatic hydroxyl groups is 1. The Morgan fingerprint density at radius 1 is 1.27 bits per heavy atom. The van der Waals surface area contributed by atoms with Gasteiger partial charge in [0.05, 0.1) is 11.5 Å². The highest BCUT2D eigenvalue weighted by Crippen LogP contribution is 2.47. The molecule has 22 heavy (non-hydrogen) atoms. The number of carbonyl (C=O) groups is 2. The highest BCUT2D eigenvalue weighted by Gasteiger charge is 2.43. The van der Waals surface area contributed by atoms with Crippen molar-refractivity contribution >= 4 is 17.6 Å². The predicted octanol–water partition coefficient (Wildman–Crippen LogP) is 2.21. The first-order valence-corrected chi connectivity index (χ1v) is 6.91. The molecule has 1 aliphatic rings. The van der Waals surface area contributed by atoms with Crippen LogP contribution in [-0.4, -0.2) is 22.1 Å². The van der Waals surface area contributed by atoms with E-state index in [0.717, 1.165) is 5.56 Å². The average molecular weight is 301 g/mol. The van der Waals surface area contributed by atoms with Gasteiger partial charge in [-0.2, -0.15) is 0 Å². The Morgan fingerprint density at radius 3 is 2.55 bits per heavy atom. The standard InChI is InChI=1S/C16H15NO5/c18-7-12-5-10(8-22-12)15(19)17-11-3-1-9(2-4-11)13-6-14(13)16(20)21/h1-5,8,13-14,18H,6-7H2,(H,17,19)(H,20,21)/t13-,14+/m0/s1. The van der Waals surface area contributed by atoms with Crippen molar-refractivity contribution < 1.29 is 24.2 Å². The summed E-state index contributed by atoms with van der Waals surface area (Å²) < 4.78 is 5.00. The fourth-order valence-corrected chi connectivity index (χ4v) is 2.44. The molecule has 1 amide bonds. The van der Waals surface area contributed by atoms with Gasteiger partial charge in [0.15, 0.2) is 0 Å². The molecule has 0 bridgehead atoms. The number of anilines is 1. The minimum atomic E-state index is -0.762. The van der Waals surface area contributed by atoms with Gasteiger partial charge in [-0.15, -0.1) is 0 Å². The molecular weight excluding hydrogens is 286 g/mol. The third-order valence-corrected chi connectivity index (χ3v) is 3.78. The van der Waals surface area contributed by atoms with Gasteiger partial charge in [0.1, 0.15) is 18.6 Å². The number of hydrogen-bond donors (Lipinski definition) is 3. The second-order valence-electron chi connectivity index (χ2n) is 5.32. The molecule has 3 N–H and O–H groups in total. The first-order chi connectivity index (χ1) is 10.6. The molecule has 1 fully saturated rings. The molecule has 2 atom stereocenters. The molecule has 1 heterocycles. The highest BCUT2D eigenvalue weighted by molar-refractivity contribution is 6.04. The van der Waals surface area contributed by atoms with Crippen molar-refractivity contribution in [2.75, 3.05) is 5.32 Å². The monoisotopic (exact) mass is 301 g/mol. The topological polar surface area (TPSA) is 99.8 Å². The number of furan rings is 1. The van der Waals surface area contributed by atoms with Crippen LogP contribution in [0.2, 0.25) is 0 Å². The molecule has 6 heteroatoms. The van der Waals surface area contributed by atoms with Crippen LogP contribution in [0, 0.1) is 5.92 Å². The van der Waals surface area contributed by atoms with Crippen molar-refractivity contribution in [3.05, 3.63) is 53.5 Å². The van der Waals surface area contributed by atoms with Crippen LogP contribution in [0.15, 0.2) is 41.0 Å². The van der Waals surface area contributed by atoms with Gasteiger partial charge < -0.3 is 19.9 Å². The van der Waals surface area contributed by atoms with Crippen molar-refractivity contribution in [2.24, 2.45) is 5.92 Å². The maximum Gasteiger partial charge on any atom is 0.307 e. The van der Waals surface area contributed by atoms with Crippen LogP contribution in [0.4, 0.5) is 5.69 Å². The molecule has 1 aliphatic carbocycles. The molecule has 2 aromatic rings. The maximum absolute atomic E-state index is 12.0. The lowest BCUT2D eigenvalue weighted by atomic mass is 10.1. The van der Waals surface area contributed by atoms with Crippen LogP contribution in [0.3, 0.4) is 0 Å². The van der Waals surface area contributed by atoms with E-state index < -0.39 is 5.97 Å². The van der Waals surface area contributed by atoms with E-state index in [-0.39, 0.29) is 24.3 Å². The third kappa shape index (κ3) is 2.87. The lowest BCUT2D eigenvalue weighted by molar-refractivity contribution is -0.138. The summed E-state index contributed by atoms with van der Waals surface area (Å²) in [5.41, 5.74) is 1.92. The van der Waals surface area contributed by atoms with Gasteiger partial charge in [0.25, 0.3) is 5.91 Å². The zero-order valence-electron chi connectivity index (χ0n) is 11.7. The van der Waals surface area contributed by atoms with E-state index in [9.17, 15) is 9.59 Å². The predicted molar refractivity (Wildman–Crippen MR) is 77.5 cm³/mol. The van der Waals surface area contributed by atoms with Gasteiger partial charge in [-0.3, -0.25) is 9.59 Å². The summed E-state index contributed by atoms with van der Waals surface area (Å²) >= 11 is 0. The molecule has 0 spiro atoms. The van der Waals surface area contributed by atoms with E-state index >= 15 is 0 Å². The molecule has 114 valence electrons. The number of amides is 1. The Labute approximate surface area is 126 Å². The van der Waals surface area contributed by atoms with E-state index in [1.54, 1.807) is 12.1 Å². The fourth-order valence-electron chi connectivity index (χ4n) is 2.44. The van der Waals surface area contributed by atoms with Crippen molar-refractivity contribution in [3.8, 4) is 0 Å². The molecule has 1 aromatic heterocycles. The van der Waals surface area contributed by atoms with Gasteiger partial charge in [-0.1, -0.05) is 12.1 Å². The third-order valence-electron chi connectivity index (χ3n) is 3.78. The van der Waals surface area contributed by atoms with Gasteiger partial charge >= 0.3 is 5.97 Å². The quantitative estimate of drug-likeness (QED) is 0.786. The fraction of sp³-hybridized carbons (Fsp3) is 0.250. The first kappa shape index (κ1) is 14.3. The number of carboxylic acid groups (broad SMARTS) is 1. The summed E-state index contributed by atoms with van der Waals surface area (Å²) in [5.74, 6) is -0.978. The Morgan fingerprint density at radius 2 is 2.00 bits per heavy atom. The van der Waals surface area contributed by atoms with E-state index in [2.05, 4.69) is 5.32 Å². The summed E-state index contributed by atoms with van der Waals surface area (Å²) in [7, 11) is 0. The number of aliphatic carboxylic acids is 1. The SMILES string of the molecule is O=C(Nc1ccc([C@@H]2C[C@H]2C(=O)O)cc1)c1coc(CO)c1. The largest absolute Gasteiger partial charge is 0.481 e. The molecule has 3 rings (SSSR count). The van der Waals surface area contributed by atoms with Crippen molar-refractivity contribution in [1.82, 2.24) is 0 Å². The number of nitrogens with one attached hydrogen (secondary N) is 1. The van der Waals surface area contributed by atoms with E-state index in [4.69, 9.17) is 14.6 Å². The van der Waals surface area contributed by atoms with Crippen LogP contribution in [0.25, 0.3) is 0 Å². The van der Waals surface area contributed by atoms with Crippen LogP contribution >= 0.6 is 0 Å². The molecule has 0 radical (unpaired) electrons. The Hall–Kier alpha value is -2.60. The Kier molecular flexibility index (Phi) is 3.68. The lowest BCUT2D eigenvalue weighted by Gasteiger charge is -2.05. The zero-order chi connectivity index (χ0) is 15.7. The highest BCUT2D eigenvalue weighted by atomic mass is 16.4.